The smallest absolute Gasteiger partial charge is 0.241 e. The van der Waals surface area contributed by atoms with E-state index in [-0.39, 0.29) is 5.91 Å². The molecule has 2 aromatic heterocycles. The first-order valence-electron chi connectivity index (χ1n) is 11.3. The SMILES string of the molecule is O=C(CCCc1c[nH]c2ccccc12)N1CCN(Cc2nc(-c3ccc(Cl)cc3)no2)CC1. The number of halogens is 1. The van der Waals surface area contributed by atoms with Gasteiger partial charge in [0.1, 0.15) is 0 Å². The number of hydrogen-bond acceptors (Lipinski definition) is 5. The molecule has 0 unspecified atom stereocenters. The van der Waals surface area contributed by atoms with Gasteiger partial charge in [-0.05, 0) is 48.7 Å². The normalized spacial score (nSPS) is 14.8. The number of benzene rings is 2. The molecule has 1 aliphatic rings. The van der Waals surface area contributed by atoms with E-state index in [2.05, 4.69) is 44.4 Å². The number of nitrogens with zero attached hydrogens (tertiary/aromatic N) is 4. The highest BCUT2D eigenvalue weighted by Gasteiger charge is 2.22. The summed E-state index contributed by atoms with van der Waals surface area (Å²) in [6.07, 6.45) is 4.40. The fraction of sp³-hybridized carbons (Fsp3) is 0.320. The van der Waals surface area contributed by atoms with Crippen LogP contribution in [0.15, 0.2) is 59.3 Å². The second-order valence-corrected chi connectivity index (χ2v) is 8.83. The van der Waals surface area contributed by atoms with E-state index >= 15 is 0 Å². The molecule has 1 saturated heterocycles. The quantitative estimate of drug-likeness (QED) is 0.435. The summed E-state index contributed by atoms with van der Waals surface area (Å²) in [5, 5.41) is 6.00. The van der Waals surface area contributed by atoms with Gasteiger partial charge in [0.05, 0.1) is 6.54 Å². The first-order valence-corrected chi connectivity index (χ1v) is 11.7. The number of aromatic nitrogens is 3. The third-order valence-corrected chi connectivity index (χ3v) is 6.42. The van der Waals surface area contributed by atoms with Crippen molar-refractivity contribution in [3.63, 3.8) is 0 Å². The Hall–Kier alpha value is -3.16. The molecule has 0 aliphatic carbocycles. The Morgan fingerprint density at radius 1 is 1.06 bits per heavy atom. The average Bonchev–Trinajstić information content (AvgIpc) is 3.47. The zero-order chi connectivity index (χ0) is 22.6. The number of para-hydroxylation sites is 1. The lowest BCUT2D eigenvalue weighted by molar-refractivity contribution is -0.133. The molecule has 33 heavy (non-hydrogen) atoms. The molecule has 0 radical (unpaired) electrons. The lowest BCUT2D eigenvalue weighted by Gasteiger charge is -2.34. The molecule has 1 N–H and O–H groups in total. The molecule has 1 aliphatic heterocycles. The van der Waals surface area contributed by atoms with Crippen LogP contribution in [0, 0.1) is 0 Å². The van der Waals surface area contributed by atoms with Gasteiger partial charge in [-0.3, -0.25) is 9.69 Å². The number of piperazine rings is 1. The van der Waals surface area contributed by atoms with Crippen molar-refractivity contribution >= 4 is 28.4 Å². The van der Waals surface area contributed by atoms with E-state index in [0.717, 1.165) is 50.1 Å². The maximum atomic E-state index is 12.7. The van der Waals surface area contributed by atoms with Crippen molar-refractivity contribution < 1.29 is 9.32 Å². The molecule has 7 nitrogen and oxygen atoms in total. The largest absolute Gasteiger partial charge is 0.361 e. The van der Waals surface area contributed by atoms with Gasteiger partial charge in [0.25, 0.3) is 0 Å². The van der Waals surface area contributed by atoms with E-state index in [0.29, 0.717) is 29.7 Å². The first-order chi connectivity index (χ1) is 16.2. The van der Waals surface area contributed by atoms with E-state index in [1.165, 1.54) is 10.9 Å². The summed E-state index contributed by atoms with van der Waals surface area (Å²) in [6.45, 7) is 3.64. The monoisotopic (exact) mass is 463 g/mol. The number of rotatable bonds is 7. The molecule has 5 rings (SSSR count). The van der Waals surface area contributed by atoms with Crippen LogP contribution in [0.4, 0.5) is 0 Å². The lowest BCUT2D eigenvalue weighted by Crippen LogP contribution is -2.48. The van der Waals surface area contributed by atoms with Gasteiger partial charge in [-0.15, -0.1) is 0 Å². The van der Waals surface area contributed by atoms with Crippen molar-refractivity contribution in [3.8, 4) is 11.4 Å². The highest BCUT2D eigenvalue weighted by atomic mass is 35.5. The lowest BCUT2D eigenvalue weighted by atomic mass is 10.1. The minimum atomic E-state index is 0.234. The van der Waals surface area contributed by atoms with Gasteiger partial charge in [0.2, 0.25) is 17.6 Å². The van der Waals surface area contributed by atoms with E-state index < -0.39 is 0 Å². The summed E-state index contributed by atoms with van der Waals surface area (Å²) < 4.78 is 5.43. The van der Waals surface area contributed by atoms with Crippen molar-refractivity contribution in [3.05, 3.63) is 71.2 Å². The van der Waals surface area contributed by atoms with E-state index in [9.17, 15) is 4.79 Å². The van der Waals surface area contributed by atoms with Crippen LogP contribution in [0.5, 0.6) is 0 Å². The number of amides is 1. The van der Waals surface area contributed by atoms with Crippen LogP contribution in [-0.2, 0) is 17.8 Å². The topological polar surface area (TPSA) is 78.3 Å². The molecule has 0 bridgehead atoms. The third-order valence-electron chi connectivity index (χ3n) is 6.17. The number of H-pyrrole nitrogens is 1. The number of nitrogens with one attached hydrogen (secondary N) is 1. The van der Waals surface area contributed by atoms with Gasteiger partial charge in [-0.2, -0.15) is 4.98 Å². The summed E-state index contributed by atoms with van der Waals surface area (Å²) in [6, 6.07) is 15.7. The Labute approximate surface area is 197 Å². The highest BCUT2D eigenvalue weighted by molar-refractivity contribution is 6.30. The van der Waals surface area contributed by atoms with Gasteiger partial charge in [0, 0.05) is 60.3 Å². The van der Waals surface area contributed by atoms with Crippen LogP contribution < -0.4 is 0 Å². The first kappa shape index (κ1) is 21.7. The molecular formula is C25H26ClN5O2. The van der Waals surface area contributed by atoms with Crippen molar-refractivity contribution in [2.45, 2.75) is 25.8 Å². The fourth-order valence-corrected chi connectivity index (χ4v) is 4.43. The molecule has 1 fully saturated rings. The van der Waals surface area contributed by atoms with Gasteiger partial charge >= 0.3 is 0 Å². The predicted molar refractivity (Wildman–Crippen MR) is 128 cm³/mol. The predicted octanol–water partition coefficient (Wildman–Crippen LogP) is 4.54. The second-order valence-electron chi connectivity index (χ2n) is 8.39. The summed E-state index contributed by atoms with van der Waals surface area (Å²) in [4.78, 5) is 24.7. The molecule has 170 valence electrons. The van der Waals surface area contributed by atoms with Gasteiger partial charge in [0.15, 0.2) is 0 Å². The number of aromatic amines is 1. The van der Waals surface area contributed by atoms with E-state index in [4.69, 9.17) is 16.1 Å². The summed E-state index contributed by atoms with van der Waals surface area (Å²) in [5.41, 5.74) is 3.30. The summed E-state index contributed by atoms with van der Waals surface area (Å²) in [5.74, 6) is 1.38. The number of carbonyl (C=O) groups excluding carboxylic acids is 1. The Balaban J connectivity index is 1.07. The Morgan fingerprint density at radius 3 is 2.67 bits per heavy atom. The molecule has 0 atom stereocenters. The van der Waals surface area contributed by atoms with Crippen molar-refractivity contribution in [2.75, 3.05) is 26.2 Å². The molecule has 4 aromatic rings. The van der Waals surface area contributed by atoms with Crippen molar-refractivity contribution in [2.24, 2.45) is 0 Å². The minimum absolute atomic E-state index is 0.234. The van der Waals surface area contributed by atoms with E-state index in [1.807, 2.05) is 35.2 Å². The van der Waals surface area contributed by atoms with Crippen LogP contribution in [0.25, 0.3) is 22.3 Å². The molecule has 0 spiro atoms. The van der Waals surface area contributed by atoms with Gasteiger partial charge in [-0.25, -0.2) is 0 Å². The molecule has 3 heterocycles. The second kappa shape index (κ2) is 9.77. The van der Waals surface area contributed by atoms with Crippen molar-refractivity contribution in [1.29, 1.82) is 0 Å². The Bertz CT molecular complexity index is 1230. The van der Waals surface area contributed by atoms with Crippen LogP contribution in [0.1, 0.15) is 24.3 Å². The van der Waals surface area contributed by atoms with Crippen LogP contribution in [-0.4, -0.2) is 57.0 Å². The number of fused-ring (bicyclic) bond motifs is 1. The fourth-order valence-electron chi connectivity index (χ4n) is 4.31. The molecule has 8 heteroatoms. The number of hydrogen-bond donors (Lipinski definition) is 1. The number of carbonyl (C=O) groups is 1. The maximum absolute atomic E-state index is 12.7. The highest BCUT2D eigenvalue weighted by Crippen LogP contribution is 2.21. The maximum Gasteiger partial charge on any atom is 0.241 e. The van der Waals surface area contributed by atoms with Crippen LogP contribution in [0.2, 0.25) is 5.02 Å². The standard InChI is InChI=1S/C25H26ClN5O2/c26-20-10-8-18(9-11-20)25-28-23(33-29-25)17-30-12-14-31(15-13-30)24(32)7-3-4-19-16-27-22-6-2-1-5-21(19)22/h1-2,5-6,8-11,16,27H,3-4,7,12-15,17H2. The Kier molecular flexibility index (Phi) is 6.41. The zero-order valence-electron chi connectivity index (χ0n) is 18.3. The third kappa shape index (κ3) is 5.10. The molecular weight excluding hydrogens is 438 g/mol. The minimum Gasteiger partial charge on any atom is -0.361 e. The average molecular weight is 464 g/mol. The van der Waals surface area contributed by atoms with E-state index in [1.54, 1.807) is 0 Å². The van der Waals surface area contributed by atoms with Crippen LogP contribution in [0.3, 0.4) is 0 Å². The summed E-state index contributed by atoms with van der Waals surface area (Å²) in [7, 11) is 0. The number of aryl methyl sites for hydroxylation is 1. The van der Waals surface area contributed by atoms with Gasteiger partial charge in [-0.1, -0.05) is 35.0 Å². The molecule has 1 amide bonds. The Morgan fingerprint density at radius 2 is 1.85 bits per heavy atom. The molecule has 2 aromatic carbocycles. The summed E-state index contributed by atoms with van der Waals surface area (Å²) >= 11 is 5.94. The van der Waals surface area contributed by atoms with Crippen LogP contribution >= 0.6 is 11.6 Å². The van der Waals surface area contributed by atoms with Crippen molar-refractivity contribution in [1.82, 2.24) is 24.9 Å². The zero-order valence-corrected chi connectivity index (χ0v) is 19.1. The molecule has 0 saturated carbocycles. The van der Waals surface area contributed by atoms with Gasteiger partial charge < -0.3 is 14.4 Å².